The van der Waals surface area contributed by atoms with Gasteiger partial charge in [0.05, 0.1) is 17.4 Å². The predicted octanol–water partition coefficient (Wildman–Crippen LogP) is 1.37. The third-order valence-electron chi connectivity index (χ3n) is 4.13. The summed E-state index contributed by atoms with van der Waals surface area (Å²) < 4.78 is 1.28. The van der Waals surface area contributed by atoms with Crippen LogP contribution in [0.4, 0.5) is 5.69 Å². The number of carbonyl (C=O) groups excluding carboxylic acids is 1. The van der Waals surface area contributed by atoms with Crippen LogP contribution < -0.4 is 17.0 Å². The molecule has 3 aromatic rings. The zero-order valence-electron chi connectivity index (χ0n) is 13.2. The molecule has 2 aromatic heterocycles. The number of benzene rings is 1. The van der Waals surface area contributed by atoms with E-state index in [1.54, 1.807) is 19.1 Å². The minimum atomic E-state index is -0.902. The summed E-state index contributed by atoms with van der Waals surface area (Å²) in [6, 6.07) is 3.31. The largest absolute Gasteiger partial charge is 0.508 e. The van der Waals surface area contributed by atoms with Gasteiger partial charge in [-0.2, -0.15) is 0 Å². The zero-order chi connectivity index (χ0) is 17.6. The van der Waals surface area contributed by atoms with E-state index in [9.17, 15) is 14.7 Å². The van der Waals surface area contributed by atoms with Crippen LogP contribution in [0, 0.1) is 13.8 Å². The van der Waals surface area contributed by atoms with Crippen molar-refractivity contribution in [2.75, 3.05) is 5.73 Å². The number of carbonyl (C=O) groups is 1. The fourth-order valence-electron chi connectivity index (χ4n) is 2.94. The van der Waals surface area contributed by atoms with E-state index in [4.69, 9.17) is 11.5 Å². The average Bonchev–Trinajstić information content (AvgIpc) is 2.54. The number of aromatic nitrogens is 2. The number of primary amides is 1. The van der Waals surface area contributed by atoms with Crippen molar-refractivity contribution in [3.63, 3.8) is 0 Å². The number of phenols is 1. The number of anilines is 1. The molecular weight excluding hydrogens is 308 g/mol. The molecule has 0 spiro atoms. The first-order chi connectivity index (χ1) is 11.3. The monoisotopic (exact) mass is 324 g/mol. The van der Waals surface area contributed by atoms with Crippen LogP contribution in [0.1, 0.15) is 21.5 Å². The number of aromatic hydroxyl groups is 1. The summed E-state index contributed by atoms with van der Waals surface area (Å²) >= 11 is 0. The van der Waals surface area contributed by atoms with Crippen LogP contribution >= 0.6 is 0 Å². The first-order valence-electron chi connectivity index (χ1n) is 7.21. The van der Waals surface area contributed by atoms with Gasteiger partial charge in [0.2, 0.25) is 0 Å². The van der Waals surface area contributed by atoms with E-state index in [1.807, 2.05) is 6.92 Å². The van der Waals surface area contributed by atoms with Gasteiger partial charge in [0, 0.05) is 18.0 Å². The van der Waals surface area contributed by atoms with Crippen molar-refractivity contribution >= 4 is 17.1 Å². The molecule has 7 nitrogen and oxygen atoms in total. The minimum absolute atomic E-state index is 0.0164. The molecule has 0 aliphatic rings. The first-order valence-corrected chi connectivity index (χ1v) is 7.21. The molecule has 0 aliphatic heterocycles. The third kappa shape index (κ3) is 2.10. The van der Waals surface area contributed by atoms with E-state index >= 15 is 0 Å². The highest BCUT2D eigenvalue weighted by molar-refractivity contribution is 6.05. The Morgan fingerprint density at radius 3 is 2.62 bits per heavy atom. The number of nitrogens with zero attached hydrogens (tertiary/aromatic N) is 2. The van der Waals surface area contributed by atoms with Crippen molar-refractivity contribution in [3.05, 3.63) is 57.8 Å². The lowest BCUT2D eigenvalue weighted by atomic mass is 9.92. The highest BCUT2D eigenvalue weighted by atomic mass is 16.3. The number of rotatable bonds is 2. The van der Waals surface area contributed by atoms with Crippen molar-refractivity contribution in [3.8, 4) is 16.9 Å². The third-order valence-corrected chi connectivity index (χ3v) is 4.13. The molecular formula is C17H16N4O3. The highest BCUT2D eigenvalue weighted by Gasteiger charge is 2.23. The van der Waals surface area contributed by atoms with Crippen LogP contribution in [0.25, 0.3) is 16.6 Å². The van der Waals surface area contributed by atoms with Gasteiger partial charge in [-0.3, -0.25) is 19.0 Å². The maximum absolute atomic E-state index is 12.5. The zero-order valence-corrected chi connectivity index (χ0v) is 13.2. The maximum Gasteiger partial charge on any atom is 0.270 e. The van der Waals surface area contributed by atoms with Crippen LogP contribution in [0.2, 0.25) is 0 Å². The number of hydrogen-bond donors (Lipinski definition) is 3. The summed E-state index contributed by atoms with van der Waals surface area (Å²) in [5.74, 6) is -0.815. The van der Waals surface area contributed by atoms with Crippen molar-refractivity contribution < 1.29 is 9.90 Å². The molecule has 0 radical (unpaired) electrons. The predicted molar refractivity (Wildman–Crippen MR) is 91.0 cm³/mol. The second kappa shape index (κ2) is 5.38. The second-order valence-corrected chi connectivity index (χ2v) is 5.57. The minimum Gasteiger partial charge on any atom is -0.508 e. The molecule has 2 heterocycles. The molecule has 0 atom stereocenters. The molecule has 0 saturated carbocycles. The molecule has 7 heteroatoms. The van der Waals surface area contributed by atoms with Crippen LogP contribution in [-0.2, 0) is 0 Å². The van der Waals surface area contributed by atoms with Gasteiger partial charge in [-0.1, -0.05) is 6.07 Å². The Hall–Kier alpha value is -3.35. The van der Waals surface area contributed by atoms with Crippen LogP contribution in [0.3, 0.4) is 0 Å². The normalized spacial score (nSPS) is 10.9. The van der Waals surface area contributed by atoms with E-state index in [-0.39, 0.29) is 17.0 Å². The number of nitrogens with two attached hydrogens (primary N) is 2. The SMILES string of the molecule is Cc1ccc(O)c(C)c1-c1c(N)c(C(N)=O)c(=O)n2ccncc12. The van der Waals surface area contributed by atoms with E-state index in [0.29, 0.717) is 22.2 Å². The Bertz CT molecular complexity index is 1050. The van der Waals surface area contributed by atoms with E-state index in [1.165, 1.54) is 23.0 Å². The number of nitrogen functional groups attached to an aromatic ring is 1. The summed E-state index contributed by atoms with van der Waals surface area (Å²) in [7, 11) is 0. The lowest BCUT2D eigenvalue weighted by Crippen LogP contribution is -2.29. The topological polar surface area (TPSA) is 124 Å². The van der Waals surface area contributed by atoms with Crippen LogP contribution in [0.5, 0.6) is 5.75 Å². The van der Waals surface area contributed by atoms with Gasteiger partial charge in [-0.25, -0.2) is 0 Å². The number of hydrogen-bond acceptors (Lipinski definition) is 5. The van der Waals surface area contributed by atoms with Gasteiger partial charge in [-0.05, 0) is 36.6 Å². The van der Waals surface area contributed by atoms with Gasteiger partial charge >= 0.3 is 0 Å². The molecule has 122 valence electrons. The molecule has 0 unspecified atom stereocenters. The van der Waals surface area contributed by atoms with Crippen LogP contribution in [0.15, 0.2) is 35.5 Å². The maximum atomic E-state index is 12.5. The molecule has 0 saturated heterocycles. The summed E-state index contributed by atoms with van der Waals surface area (Å²) in [4.78, 5) is 28.3. The molecule has 0 bridgehead atoms. The first kappa shape index (κ1) is 15.5. The van der Waals surface area contributed by atoms with Crippen molar-refractivity contribution in [2.45, 2.75) is 13.8 Å². The Labute approximate surface area is 137 Å². The Balaban J connectivity index is 2.62. The summed E-state index contributed by atoms with van der Waals surface area (Å²) in [6.45, 7) is 3.59. The van der Waals surface area contributed by atoms with Crippen molar-refractivity contribution in [2.24, 2.45) is 5.73 Å². The number of pyridine rings is 1. The lowest BCUT2D eigenvalue weighted by Gasteiger charge is -2.18. The Morgan fingerprint density at radius 2 is 1.96 bits per heavy atom. The number of amides is 1. The van der Waals surface area contributed by atoms with Gasteiger partial charge in [-0.15, -0.1) is 0 Å². The fourth-order valence-corrected chi connectivity index (χ4v) is 2.94. The Kier molecular flexibility index (Phi) is 3.48. The fraction of sp³-hybridized carbons (Fsp3) is 0.118. The van der Waals surface area contributed by atoms with E-state index in [0.717, 1.165) is 5.56 Å². The average molecular weight is 324 g/mol. The number of aryl methyl sites for hydroxylation is 1. The molecule has 1 amide bonds. The van der Waals surface area contributed by atoms with Crippen molar-refractivity contribution in [1.29, 1.82) is 0 Å². The number of phenolic OH excluding ortho intramolecular Hbond substituents is 1. The quantitative estimate of drug-likeness (QED) is 0.656. The molecule has 3 rings (SSSR count). The van der Waals surface area contributed by atoms with Crippen molar-refractivity contribution in [1.82, 2.24) is 9.38 Å². The molecule has 0 fully saturated rings. The summed E-state index contributed by atoms with van der Waals surface area (Å²) in [5, 5.41) is 10.1. The van der Waals surface area contributed by atoms with E-state index in [2.05, 4.69) is 4.98 Å². The van der Waals surface area contributed by atoms with Gasteiger partial charge in [0.15, 0.2) is 0 Å². The summed E-state index contributed by atoms with van der Waals surface area (Å²) in [6.07, 6.45) is 4.36. The van der Waals surface area contributed by atoms with Gasteiger partial charge in [0.1, 0.15) is 11.3 Å². The molecule has 5 N–H and O–H groups in total. The van der Waals surface area contributed by atoms with E-state index < -0.39 is 11.5 Å². The second-order valence-electron chi connectivity index (χ2n) is 5.57. The Morgan fingerprint density at radius 1 is 1.25 bits per heavy atom. The van der Waals surface area contributed by atoms with Gasteiger partial charge in [0.25, 0.3) is 11.5 Å². The summed E-state index contributed by atoms with van der Waals surface area (Å²) in [5.41, 5.74) is 13.5. The smallest absolute Gasteiger partial charge is 0.270 e. The lowest BCUT2D eigenvalue weighted by molar-refractivity contribution is 0.0999. The molecule has 0 aliphatic carbocycles. The highest BCUT2D eigenvalue weighted by Crippen LogP contribution is 2.38. The number of fused-ring (bicyclic) bond motifs is 1. The molecule has 1 aromatic carbocycles. The van der Waals surface area contributed by atoms with Gasteiger partial charge < -0.3 is 16.6 Å². The standard InChI is InChI=1S/C17H16N4O3/c1-8-3-4-11(22)9(2)12(8)13-10-7-20-5-6-21(10)17(24)14(15(13)18)16(19)23/h3-7,22H,18H2,1-2H3,(H2,19,23). The molecule has 24 heavy (non-hydrogen) atoms. The van der Waals surface area contributed by atoms with Crippen LogP contribution in [-0.4, -0.2) is 20.4 Å².